The van der Waals surface area contributed by atoms with Crippen LogP contribution in [0.1, 0.15) is 25.7 Å². The molecule has 0 spiro atoms. The summed E-state index contributed by atoms with van der Waals surface area (Å²) in [5.41, 5.74) is 0. The SMILES string of the molecule is S=C([S-])NCCCCCCNC(=S)[S-].[Fe+2]. The van der Waals surface area contributed by atoms with Crippen LogP contribution in [0.4, 0.5) is 0 Å². The second-order valence-corrected chi connectivity index (χ2v) is 4.99. The van der Waals surface area contributed by atoms with Gasteiger partial charge in [-0.1, -0.05) is 21.5 Å². The van der Waals surface area contributed by atoms with Crippen LogP contribution in [0.2, 0.25) is 0 Å². The third-order valence-corrected chi connectivity index (χ3v) is 2.22. The fourth-order valence-electron chi connectivity index (χ4n) is 0.984. The minimum absolute atomic E-state index is 0. The van der Waals surface area contributed by atoms with E-state index in [1.54, 1.807) is 0 Å². The molecule has 15 heavy (non-hydrogen) atoms. The summed E-state index contributed by atoms with van der Waals surface area (Å²) in [5, 5.41) is 5.90. The van der Waals surface area contributed by atoms with Gasteiger partial charge >= 0.3 is 17.1 Å². The Balaban J connectivity index is 0. The molecule has 0 aliphatic heterocycles. The Morgan fingerprint density at radius 2 is 1.13 bits per heavy atom. The molecule has 0 aromatic carbocycles. The van der Waals surface area contributed by atoms with Crippen LogP contribution >= 0.6 is 24.4 Å². The summed E-state index contributed by atoms with van der Waals surface area (Å²) < 4.78 is 0.922. The van der Waals surface area contributed by atoms with Gasteiger partial charge in [0.25, 0.3) is 0 Å². The molecule has 0 unspecified atom stereocenters. The molecule has 0 heterocycles. The minimum Gasteiger partial charge on any atom is -0.412 e. The van der Waals surface area contributed by atoms with Gasteiger partial charge in [-0.2, -0.15) is 0 Å². The molecule has 2 nitrogen and oxygen atoms in total. The van der Waals surface area contributed by atoms with E-state index in [1.807, 2.05) is 0 Å². The van der Waals surface area contributed by atoms with Gasteiger partial charge in [0, 0.05) is 13.1 Å². The zero-order valence-corrected chi connectivity index (χ0v) is 12.6. The van der Waals surface area contributed by atoms with E-state index in [-0.39, 0.29) is 17.1 Å². The number of hydrogen-bond acceptors (Lipinski definition) is 4. The molecule has 0 rings (SSSR count). The normalized spacial score (nSPS) is 8.80. The molecule has 0 aliphatic carbocycles. The summed E-state index contributed by atoms with van der Waals surface area (Å²) in [7, 11) is 0. The number of nitrogens with one attached hydrogen (secondary N) is 2. The smallest absolute Gasteiger partial charge is 0.412 e. The summed E-state index contributed by atoms with van der Waals surface area (Å²) in [6.07, 6.45) is 4.57. The number of hydrogen-bond donors (Lipinski definition) is 2. The summed E-state index contributed by atoms with van der Waals surface area (Å²) in [5.74, 6) is 0. The number of thiocarbonyl (C=S) groups is 2. The first-order chi connectivity index (χ1) is 6.63. The maximum Gasteiger partial charge on any atom is 2.00 e. The fraction of sp³-hybridized carbons (Fsp3) is 0.750. The molecule has 0 atom stereocenters. The van der Waals surface area contributed by atoms with E-state index in [2.05, 4.69) is 10.6 Å². The van der Waals surface area contributed by atoms with Gasteiger partial charge in [0.05, 0.1) is 0 Å². The van der Waals surface area contributed by atoms with E-state index >= 15 is 0 Å². The number of unbranched alkanes of at least 4 members (excludes halogenated alkanes) is 3. The maximum atomic E-state index is 4.71. The predicted molar refractivity (Wildman–Crippen MR) is 74.4 cm³/mol. The summed E-state index contributed by atoms with van der Waals surface area (Å²) >= 11 is 18.8. The van der Waals surface area contributed by atoms with Crippen LogP contribution in [-0.4, -0.2) is 21.7 Å². The predicted octanol–water partition coefficient (Wildman–Crippen LogP) is 1.39. The molecule has 0 aromatic rings. The molecule has 0 aliphatic rings. The second-order valence-electron chi connectivity index (χ2n) is 2.84. The second kappa shape index (κ2) is 12.8. The Kier molecular flexibility index (Phi) is 15.5. The minimum atomic E-state index is 0. The van der Waals surface area contributed by atoms with Gasteiger partial charge in [0.2, 0.25) is 0 Å². The van der Waals surface area contributed by atoms with Crippen molar-refractivity contribution in [3.63, 3.8) is 0 Å². The van der Waals surface area contributed by atoms with Crippen LogP contribution in [0.3, 0.4) is 0 Å². The third-order valence-electron chi connectivity index (χ3n) is 1.64. The van der Waals surface area contributed by atoms with Crippen molar-refractivity contribution in [3.05, 3.63) is 0 Å². The van der Waals surface area contributed by atoms with Gasteiger partial charge in [-0.05, 0) is 12.8 Å². The van der Waals surface area contributed by atoms with Crippen LogP contribution in [0.15, 0.2) is 0 Å². The Bertz CT molecular complexity index is 169. The van der Waals surface area contributed by atoms with E-state index in [1.165, 1.54) is 12.8 Å². The molecule has 0 radical (unpaired) electrons. The first kappa shape index (κ1) is 18.1. The molecule has 0 bridgehead atoms. The van der Waals surface area contributed by atoms with Crippen molar-refractivity contribution < 1.29 is 17.1 Å². The van der Waals surface area contributed by atoms with Crippen LogP contribution in [0.5, 0.6) is 0 Å². The van der Waals surface area contributed by atoms with Crippen LogP contribution in [0.25, 0.3) is 0 Å². The molecule has 0 amide bonds. The van der Waals surface area contributed by atoms with Crippen molar-refractivity contribution in [2.24, 2.45) is 0 Å². The first-order valence-electron chi connectivity index (χ1n) is 4.52. The Morgan fingerprint density at radius 1 is 0.800 bits per heavy atom. The zero-order chi connectivity index (χ0) is 10.8. The van der Waals surface area contributed by atoms with Crippen LogP contribution < -0.4 is 10.6 Å². The molecule has 88 valence electrons. The molecule has 0 fully saturated rings. The summed E-state index contributed by atoms with van der Waals surface area (Å²) in [6, 6.07) is 0. The van der Waals surface area contributed by atoms with E-state index < -0.39 is 0 Å². The molecular formula is C8H14FeN2S4. The summed E-state index contributed by atoms with van der Waals surface area (Å²) in [6.45, 7) is 1.77. The van der Waals surface area contributed by atoms with Crippen molar-refractivity contribution >= 4 is 58.3 Å². The largest absolute Gasteiger partial charge is 2.00 e. The van der Waals surface area contributed by atoms with Gasteiger partial charge in [-0.25, -0.2) is 0 Å². The van der Waals surface area contributed by atoms with Gasteiger partial charge in [0.15, 0.2) is 0 Å². The molecule has 0 saturated heterocycles. The number of rotatable bonds is 7. The Hall–Kier alpha value is 0.739. The Morgan fingerprint density at radius 3 is 1.40 bits per heavy atom. The van der Waals surface area contributed by atoms with Gasteiger partial charge in [-0.15, -0.1) is 0 Å². The van der Waals surface area contributed by atoms with Crippen molar-refractivity contribution in [1.29, 1.82) is 0 Å². The van der Waals surface area contributed by atoms with E-state index in [4.69, 9.17) is 49.7 Å². The molecule has 0 saturated carbocycles. The maximum absolute atomic E-state index is 4.71. The van der Waals surface area contributed by atoms with Crippen molar-refractivity contribution in [1.82, 2.24) is 10.6 Å². The molecule has 0 aromatic heterocycles. The monoisotopic (exact) mass is 322 g/mol. The summed E-state index contributed by atoms with van der Waals surface area (Å²) in [4.78, 5) is 0. The van der Waals surface area contributed by atoms with Crippen LogP contribution in [-0.2, 0) is 42.3 Å². The average molecular weight is 322 g/mol. The van der Waals surface area contributed by atoms with Crippen LogP contribution in [0, 0.1) is 0 Å². The standard InChI is InChI=1S/C8H16N2S4.Fe/c11-7(12)9-5-3-1-2-4-6-10-8(13)14;/h1-6H2,(H2,9,11,12)(H2,10,13,14);/q;+2/p-2. The van der Waals surface area contributed by atoms with E-state index in [0.29, 0.717) is 8.64 Å². The van der Waals surface area contributed by atoms with E-state index in [0.717, 1.165) is 25.9 Å². The molecule has 7 heteroatoms. The molecular weight excluding hydrogens is 308 g/mol. The molecule has 2 N–H and O–H groups in total. The fourth-order valence-corrected chi connectivity index (χ4v) is 1.39. The third kappa shape index (κ3) is 17.4. The van der Waals surface area contributed by atoms with Gasteiger partial charge < -0.3 is 60.3 Å². The van der Waals surface area contributed by atoms with Gasteiger partial charge in [0.1, 0.15) is 0 Å². The van der Waals surface area contributed by atoms with Crippen molar-refractivity contribution in [2.75, 3.05) is 13.1 Å². The first-order valence-corrected chi connectivity index (χ1v) is 6.16. The zero-order valence-electron chi connectivity index (χ0n) is 8.23. The average Bonchev–Trinajstić information content (AvgIpc) is 2.08. The van der Waals surface area contributed by atoms with Gasteiger partial charge in [-0.3, -0.25) is 0 Å². The van der Waals surface area contributed by atoms with Crippen molar-refractivity contribution in [3.8, 4) is 0 Å². The van der Waals surface area contributed by atoms with E-state index in [9.17, 15) is 0 Å². The Labute approximate surface area is 124 Å². The quantitative estimate of drug-likeness (QED) is 0.318. The van der Waals surface area contributed by atoms with Crippen molar-refractivity contribution in [2.45, 2.75) is 25.7 Å². The topological polar surface area (TPSA) is 24.1 Å².